The number of hydrogen-bond acceptors (Lipinski definition) is 4. The fraction of sp³-hybridized carbons (Fsp3) is 0.625. The Labute approximate surface area is 130 Å². The third-order valence-corrected chi connectivity index (χ3v) is 4.17. The Bertz CT molecular complexity index is 522. The van der Waals surface area contributed by atoms with Gasteiger partial charge in [-0.2, -0.15) is 5.10 Å². The number of nitrogens with zero attached hydrogens (tertiary/aromatic N) is 3. The maximum Gasteiger partial charge on any atom is 0.252 e. The summed E-state index contributed by atoms with van der Waals surface area (Å²) >= 11 is 0. The number of carbonyl (C=O) groups is 1. The molecular weight excluding hydrogens is 282 g/mol. The molecule has 3 rings (SSSR count). The lowest BCUT2D eigenvalue weighted by Crippen LogP contribution is -2.41. The molecule has 3 heterocycles. The fourth-order valence-electron chi connectivity index (χ4n) is 3.10. The molecule has 2 atom stereocenters. The van der Waals surface area contributed by atoms with Gasteiger partial charge in [0.25, 0.3) is 5.91 Å². The van der Waals surface area contributed by atoms with Gasteiger partial charge in [0, 0.05) is 31.8 Å². The molecule has 1 unspecified atom stereocenters. The van der Waals surface area contributed by atoms with Crippen molar-refractivity contribution < 1.29 is 14.3 Å². The Morgan fingerprint density at radius 1 is 1.55 bits per heavy atom. The van der Waals surface area contributed by atoms with E-state index in [1.165, 1.54) is 0 Å². The van der Waals surface area contributed by atoms with Crippen LogP contribution >= 0.6 is 0 Å². The van der Waals surface area contributed by atoms with Crippen LogP contribution in [0.4, 0.5) is 0 Å². The van der Waals surface area contributed by atoms with E-state index < -0.39 is 0 Å². The van der Waals surface area contributed by atoms with Crippen LogP contribution in [-0.2, 0) is 27.4 Å². The van der Waals surface area contributed by atoms with Crippen LogP contribution in [0.2, 0.25) is 0 Å². The molecule has 1 aromatic heterocycles. The zero-order valence-electron chi connectivity index (χ0n) is 12.8. The standard InChI is InChI=1S/C16H23N3O3/c1-2-7-21-12-13-9-18(16(20)15-4-3-8-22-15)11-14-5-6-17-19(14)10-13/h2,5-6,13,15H,1,3-4,7-12H2/t13?,15-/m0/s1. The molecule has 1 fully saturated rings. The lowest BCUT2D eigenvalue weighted by molar-refractivity contribution is -0.142. The van der Waals surface area contributed by atoms with Crippen molar-refractivity contribution in [1.29, 1.82) is 0 Å². The molecule has 6 nitrogen and oxygen atoms in total. The van der Waals surface area contributed by atoms with Crippen LogP contribution in [0, 0.1) is 5.92 Å². The highest BCUT2D eigenvalue weighted by Crippen LogP contribution is 2.21. The highest BCUT2D eigenvalue weighted by Gasteiger charge is 2.32. The maximum atomic E-state index is 12.7. The molecule has 0 N–H and O–H groups in total. The van der Waals surface area contributed by atoms with Crippen LogP contribution in [0.5, 0.6) is 0 Å². The van der Waals surface area contributed by atoms with Crippen molar-refractivity contribution in [2.45, 2.75) is 32.0 Å². The minimum atomic E-state index is -0.274. The summed E-state index contributed by atoms with van der Waals surface area (Å²) in [6, 6.07) is 1.97. The number of aromatic nitrogens is 2. The Morgan fingerprint density at radius 3 is 3.23 bits per heavy atom. The van der Waals surface area contributed by atoms with E-state index in [1.54, 1.807) is 12.3 Å². The normalized spacial score (nSPS) is 24.8. The summed E-state index contributed by atoms with van der Waals surface area (Å²) in [5.74, 6) is 0.326. The van der Waals surface area contributed by atoms with Crippen LogP contribution in [0.15, 0.2) is 24.9 Å². The van der Waals surface area contributed by atoms with Gasteiger partial charge in [-0.3, -0.25) is 9.48 Å². The largest absolute Gasteiger partial charge is 0.377 e. The van der Waals surface area contributed by atoms with Crippen LogP contribution in [0.25, 0.3) is 0 Å². The summed E-state index contributed by atoms with van der Waals surface area (Å²) in [5, 5.41) is 4.36. The molecule has 0 spiro atoms. The zero-order valence-corrected chi connectivity index (χ0v) is 12.8. The van der Waals surface area contributed by atoms with Crippen molar-refractivity contribution in [1.82, 2.24) is 14.7 Å². The lowest BCUT2D eigenvalue weighted by Gasteiger charge is -2.26. The lowest BCUT2D eigenvalue weighted by atomic mass is 10.1. The Morgan fingerprint density at radius 2 is 2.45 bits per heavy atom. The monoisotopic (exact) mass is 305 g/mol. The summed E-state index contributed by atoms with van der Waals surface area (Å²) in [6.45, 7) is 7.52. The zero-order chi connectivity index (χ0) is 15.4. The minimum absolute atomic E-state index is 0.0980. The van der Waals surface area contributed by atoms with Gasteiger partial charge < -0.3 is 14.4 Å². The van der Waals surface area contributed by atoms with Crippen molar-refractivity contribution >= 4 is 5.91 Å². The highest BCUT2D eigenvalue weighted by molar-refractivity contribution is 5.81. The van der Waals surface area contributed by atoms with E-state index in [-0.39, 0.29) is 17.9 Å². The molecule has 1 aromatic rings. The average molecular weight is 305 g/mol. The molecule has 120 valence electrons. The van der Waals surface area contributed by atoms with Gasteiger partial charge in [0.05, 0.1) is 25.5 Å². The number of hydrogen-bond donors (Lipinski definition) is 0. The predicted octanol–water partition coefficient (Wildman–Crippen LogP) is 1.22. The first kappa shape index (κ1) is 15.2. The average Bonchev–Trinajstić information content (AvgIpc) is 3.16. The summed E-state index contributed by atoms with van der Waals surface area (Å²) in [7, 11) is 0. The molecule has 2 aliphatic heterocycles. The fourth-order valence-corrected chi connectivity index (χ4v) is 3.10. The highest BCUT2D eigenvalue weighted by atomic mass is 16.5. The van der Waals surface area contributed by atoms with Crippen LogP contribution in [0.1, 0.15) is 18.5 Å². The van der Waals surface area contributed by atoms with Gasteiger partial charge in [-0.15, -0.1) is 6.58 Å². The second kappa shape index (κ2) is 7.07. The number of amides is 1. The molecule has 0 radical (unpaired) electrons. The Hall–Kier alpha value is -1.66. The molecule has 6 heteroatoms. The van der Waals surface area contributed by atoms with Gasteiger partial charge >= 0.3 is 0 Å². The summed E-state index contributed by atoms with van der Waals surface area (Å²) in [5.41, 5.74) is 1.07. The topological polar surface area (TPSA) is 56.6 Å². The molecular formula is C16H23N3O3. The third-order valence-electron chi connectivity index (χ3n) is 4.17. The van der Waals surface area contributed by atoms with E-state index in [0.717, 1.165) is 25.1 Å². The van der Waals surface area contributed by atoms with Gasteiger partial charge in [0.2, 0.25) is 0 Å². The van der Waals surface area contributed by atoms with E-state index in [1.807, 2.05) is 15.6 Å². The molecule has 22 heavy (non-hydrogen) atoms. The molecule has 1 saturated heterocycles. The number of fused-ring (bicyclic) bond motifs is 1. The second-order valence-electron chi connectivity index (χ2n) is 5.92. The Kier molecular flexibility index (Phi) is 4.90. The number of ether oxygens (including phenoxy) is 2. The molecule has 2 aliphatic rings. The van der Waals surface area contributed by atoms with Gasteiger partial charge in [-0.05, 0) is 18.9 Å². The van der Waals surface area contributed by atoms with Crippen molar-refractivity contribution in [3.05, 3.63) is 30.6 Å². The maximum absolute atomic E-state index is 12.7. The first-order chi connectivity index (χ1) is 10.8. The molecule has 0 saturated carbocycles. The van der Waals surface area contributed by atoms with Gasteiger partial charge in [0.15, 0.2) is 0 Å². The van der Waals surface area contributed by atoms with Crippen LogP contribution in [-0.4, -0.2) is 53.1 Å². The van der Waals surface area contributed by atoms with Gasteiger partial charge in [0.1, 0.15) is 6.10 Å². The van der Waals surface area contributed by atoms with Gasteiger partial charge in [-0.1, -0.05) is 6.08 Å². The predicted molar refractivity (Wildman–Crippen MR) is 81.1 cm³/mol. The van der Waals surface area contributed by atoms with E-state index >= 15 is 0 Å². The van der Waals surface area contributed by atoms with Crippen molar-refractivity contribution in [3.63, 3.8) is 0 Å². The van der Waals surface area contributed by atoms with Crippen molar-refractivity contribution in [2.75, 3.05) is 26.4 Å². The smallest absolute Gasteiger partial charge is 0.252 e. The molecule has 0 bridgehead atoms. The number of rotatable bonds is 5. The second-order valence-corrected chi connectivity index (χ2v) is 5.92. The SMILES string of the molecule is C=CCOCC1CN(C(=O)[C@@H]2CCCO2)Cc2ccnn2C1. The minimum Gasteiger partial charge on any atom is -0.377 e. The third kappa shape index (κ3) is 3.39. The van der Waals surface area contributed by atoms with Crippen LogP contribution < -0.4 is 0 Å². The summed E-state index contributed by atoms with van der Waals surface area (Å²) < 4.78 is 13.1. The van der Waals surface area contributed by atoms with Crippen molar-refractivity contribution in [3.8, 4) is 0 Å². The molecule has 0 aromatic carbocycles. The van der Waals surface area contributed by atoms with E-state index in [4.69, 9.17) is 9.47 Å². The summed E-state index contributed by atoms with van der Waals surface area (Å²) in [6.07, 6.45) is 5.05. The van der Waals surface area contributed by atoms with E-state index in [2.05, 4.69) is 11.7 Å². The van der Waals surface area contributed by atoms with Crippen molar-refractivity contribution in [2.24, 2.45) is 5.92 Å². The first-order valence-electron chi connectivity index (χ1n) is 7.87. The Balaban J connectivity index is 1.71. The van der Waals surface area contributed by atoms with Gasteiger partial charge in [-0.25, -0.2) is 0 Å². The van der Waals surface area contributed by atoms with E-state index in [9.17, 15) is 4.79 Å². The molecule has 1 amide bonds. The molecule has 0 aliphatic carbocycles. The van der Waals surface area contributed by atoms with Crippen LogP contribution in [0.3, 0.4) is 0 Å². The van der Waals surface area contributed by atoms with E-state index in [0.29, 0.717) is 32.9 Å². The summed E-state index contributed by atoms with van der Waals surface area (Å²) in [4.78, 5) is 14.6. The quantitative estimate of drug-likeness (QED) is 0.606. The number of carbonyl (C=O) groups excluding carboxylic acids is 1. The first-order valence-corrected chi connectivity index (χ1v) is 7.87.